The molecule has 108 valence electrons. The maximum Gasteiger partial charge on any atom is 0.308 e. The van der Waals surface area contributed by atoms with Crippen LogP contribution in [0.2, 0.25) is 0 Å². The molecule has 0 saturated heterocycles. The number of benzene rings is 1. The van der Waals surface area contributed by atoms with Gasteiger partial charge in [-0.3, -0.25) is 19.9 Å². The number of rotatable bonds is 3. The third-order valence-corrected chi connectivity index (χ3v) is 2.75. The second-order valence-electron chi connectivity index (χ2n) is 4.19. The summed E-state index contributed by atoms with van der Waals surface area (Å²) in [6, 6.07) is 2.63. The number of aryl methyl sites for hydroxylation is 1. The molecular weight excluding hydrogens is 284 g/mol. The Balaban J connectivity index is 2.40. The molecule has 0 bridgehead atoms. The Hall–Kier alpha value is -2.90. The number of anilines is 1. The van der Waals surface area contributed by atoms with Crippen LogP contribution in [0.3, 0.4) is 0 Å². The minimum Gasteiger partial charge on any atom is -0.320 e. The molecule has 1 heterocycles. The Labute approximate surface area is 117 Å². The van der Waals surface area contributed by atoms with E-state index in [1.165, 1.54) is 12.4 Å². The van der Waals surface area contributed by atoms with Crippen LogP contribution >= 0.6 is 0 Å². The molecule has 1 aromatic carbocycles. The molecule has 6 nitrogen and oxygen atoms in total. The summed E-state index contributed by atoms with van der Waals surface area (Å²) in [5.74, 6) is -3.46. The second kappa shape index (κ2) is 5.61. The van der Waals surface area contributed by atoms with E-state index in [0.717, 1.165) is 0 Å². The van der Waals surface area contributed by atoms with E-state index in [4.69, 9.17) is 0 Å². The molecule has 0 spiro atoms. The predicted octanol–water partition coefficient (Wildman–Crippen LogP) is 2.83. The first-order chi connectivity index (χ1) is 9.90. The van der Waals surface area contributed by atoms with Crippen LogP contribution in [0.4, 0.5) is 20.2 Å². The summed E-state index contributed by atoms with van der Waals surface area (Å²) in [6.07, 6.45) is 2.83. The van der Waals surface area contributed by atoms with Gasteiger partial charge < -0.3 is 5.32 Å². The van der Waals surface area contributed by atoms with Crippen molar-refractivity contribution >= 4 is 17.3 Å². The molecule has 0 aliphatic heterocycles. The second-order valence-corrected chi connectivity index (χ2v) is 4.19. The number of amides is 1. The zero-order valence-electron chi connectivity index (χ0n) is 10.8. The highest BCUT2D eigenvalue weighted by molar-refractivity contribution is 6.05. The third kappa shape index (κ3) is 2.99. The number of nitro benzene ring substituents is 1. The van der Waals surface area contributed by atoms with Gasteiger partial charge in [-0.1, -0.05) is 0 Å². The highest BCUT2D eigenvalue weighted by atomic mass is 19.1. The highest BCUT2D eigenvalue weighted by Gasteiger charge is 2.24. The normalized spacial score (nSPS) is 10.2. The van der Waals surface area contributed by atoms with Crippen LogP contribution in [0.15, 0.2) is 30.6 Å². The minimum atomic E-state index is -1.39. The molecule has 1 N–H and O–H groups in total. The van der Waals surface area contributed by atoms with Crippen LogP contribution in [0.1, 0.15) is 15.9 Å². The van der Waals surface area contributed by atoms with Gasteiger partial charge in [0, 0.05) is 6.20 Å². The molecular formula is C13H9F2N3O3. The number of carbonyl (C=O) groups is 1. The van der Waals surface area contributed by atoms with Crippen LogP contribution in [-0.4, -0.2) is 15.8 Å². The molecule has 8 heteroatoms. The Morgan fingerprint density at radius 2 is 2.10 bits per heavy atom. The summed E-state index contributed by atoms with van der Waals surface area (Å²) in [4.78, 5) is 25.3. The van der Waals surface area contributed by atoms with Gasteiger partial charge in [-0.25, -0.2) is 4.39 Å². The van der Waals surface area contributed by atoms with E-state index in [9.17, 15) is 23.7 Å². The first-order valence-electron chi connectivity index (χ1n) is 5.75. The Bertz CT molecular complexity index is 735. The zero-order valence-corrected chi connectivity index (χ0v) is 10.8. The first kappa shape index (κ1) is 14.5. The average Bonchev–Trinajstić information content (AvgIpc) is 2.43. The van der Waals surface area contributed by atoms with E-state index in [2.05, 4.69) is 10.3 Å². The van der Waals surface area contributed by atoms with Crippen LogP contribution in [0.25, 0.3) is 0 Å². The van der Waals surface area contributed by atoms with Gasteiger partial charge in [-0.15, -0.1) is 0 Å². The lowest BCUT2D eigenvalue weighted by molar-refractivity contribution is -0.387. The van der Waals surface area contributed by atoms with Gasteiger partial charge >= 0.3 is 5.69 Å². The molecule has 0 saturated carbocycles. The summed E-state index contributed by atoms with van der Waals surface area (Å²) in [7, 11) is 0. The Morgan fingerprint density at radius 3 is 2.71 bits per heavy atom. The van der Waals surface area contributed by atoms with Crippen molar-refractivity contribution < 1.29 is 18.5 Å². The largest absolute Gasteiger partial charge is 0.320 e. The third-order valence-electron chi connectivity index (χ3n) is 2.75. The van der Waals surface area contributed by atoms with Crippen molar-refractivity contribution in [1.82, 2.24) is 4.98 Å². The molecule has 0 radical (unpaired) electrons. The van der Waals surface area contributed by atoms with Crippen molar-refractivity contribution in [2.75, 3.05) is 5.32 Å². The lowest BCUT2D eigenvalue weighted by Crippen LogP contribution is -2.16. The van der Waals surface area contributed by atoms with Gasteiger partial charge in [-0.05, 0) is 24.6 Å². The number of halogens is 2. The molecule has 1 aromatic heterocycles. The van der Waals surface area contributed by atoms with Crippen LogP contribution in [0.5, 0.6) is 0 Å². The maximum atomic E-state index is 13.9. The summed E-state index contributed by atoms with van der Waals surface area (Å²) in [5.41, 5.74) is -0.883. The molecule has 2 aromatic rings. The number of nitro groups is 1. The number of pyridine rings is 1. The average molecular weight is 293 g/mol. The van der Waals surface area contributed by atoms with Crippen LogP contribution < -0.4 is 5.32 Å². The van der Waals surface area contributed by atoms with E-state index >= 15 is 0 Å². The fraction of sp³-hybridized carbons (Fsp3) is 0.0769. The van der Waals surface area contributed by atoms with Gasteiger partial charge in [0.2, 0.25) is 5.82 Å². The highest BCUT2D eigenvalue weighted by Crippen LogP contribution is 2.23. The molecule has 2 rings (SSSR count). The maximum absolute atomic E-state index is 13.9. The summed E-state index contributed by atoms with van der Waals surface area (Å²) in [5, 5.41) is 12.9. The van der Waals surface area contributed by atoms with Crippen molar-refractivity contribution in [2.45, 2.75) is 6.92 Å². The van der Waals surface area contributed by atoms with Crippen LogP contribution in [0, 0.1) is 28.7 Å². The Morgan fingerprint density at radius 1 is 1.38 bits per heavy atom. The van der Waals surface area contributed by atoms with Gasteiger partial charge in [0.05, 0.1) is 28.4 Å². The lowest BCUT2D eigenvalue weighted by Gasteiger charge is -2.08. The lowest BCUT2D eigenvalue weighted by atomic mass is 10.1. The quantitative estimate of drug-likeness (QED) is 0.696. The molecule has 0 aliphatic carbocycles. The fourth-order valence-electron chi connectivity index (χ4n) is 1.66. The molecule has 21 heavy (non-hydrogen) atoms. The monoisotopic (exact) mass is 293 g/mol. The summed E-state index contributed by atoms with van der Waals surface area (Å²) < 4.78 is 27.2. The number of nitrogens with zero attached hydrogens (tertiary/aromatic N) is 2. The minimum absolute atomic E-state index is 0.300. The molecule has 0 unspecified atom stereocenters. The Kier molecular flexibility index (Phi) is 3.88. The van der Waals surface area contributed by atoms with Crippen LogP contribution in [-0.2, 0) is 0 Å². The van der Waals surface area contributed by atoms with E-state index in [1.807, 2.05) is 0 Å². The number of hydrogen-bond acceptors (Lipinski definition) is 4. The van der Waals surface area contributed by atoms with Crippen molar-refractivity contribution in [3.63, 3.8) is 0 Å². The predicted molar refractivity (Wildman–Crippen MR) is 69.9 cm³/mol. The van der Waals surface area contributed by atoms with E-state index in [0.29, 0.717) is 23.4 Å². The fourth-order valence-corrected chi connectivity index (χ4v) is 1.66. The van der Waals surface area contributed by atoms with Crippen molar-refractivity contribution in [3.05, 3.63) is 63.5 Å². The van der Waals surface area contributed by atoms with Crippen molar-refractivity contribution in [1.29, 1.82) is 0 Å². The van der Waals surface area contributed by atoms with Crippen molar-refractivity contribution in [3.8, 4) is 0 Å². The van der Waals surface area contributed by atoms with E-state index in [1.54, 1.807) is 13.0 Å². The summed E-state index contributed by atoms with van der Waals surface area (Å²) >= 11 is 0. The van der Waals surface area contributed by atoms with Gasteiger partial charge in [0.1, 0.15) is 5.82 Å². The van der Waals surface area contributed by atoms with Gasteiger partial charge in [-0.2, -0.15) is 4.39 Å². The molecule has 1 amide bonds. The summed E-state index contributed by atoms with van der Waals surface area (Å²) in [6.45, 7) is 1.68. The SMILES string of the molecule is Cc1ccncc1NC(=O)c1cc(F)cc([N+](=O)[O-])c1F. The molecule has 0 fully saturated rings. The first-order valence-corrected chi connectivity index (χ1v) is 5.75. The van der Waals surface area contributed by atoms with Gasteiger partial charge in [0.15, 0.2) is 0 Å². The van der Waals surface area contributed by atoms with Gasteiger partial charge in [0.25, 0.3) is 5.91 Å². The molecule has 0 aliphatic rings. The standard InChI is InChI=1S/C13H9F2N3O3/c1-7-2-3-16-6-10(7)17-13(19)9-4-8(14)5-11(12(9)15)18(20)21/h2-6H,1H3,(H,17,19). The number of carbonyl (C=O) groups excluding carboxylic acids is 1. The van der Waals surface area contributed by atoms with E-state index < -0.39 is 33.7 Å². The molecule has 0 atom stereocenters. The topological polar surface area (TPSA) is 85.1 Å². The smallest absolute Gasteiger partial charge is 0.308 e. The number of nitrogens with one attached hydrogen (secondary N) is 1. The van der Waals surface area contributed by atoms with E-state index in [-0.39, 0.29) is 0 Å². The number of aromatic nitrogens is 1. The number of hydrogen-bond donors (Lipinski definition) is 1. The zero-order chi connectivity index (χ0) is 15.6. The van der Waals surface area contributed by atoms with Crippen molar-refractivity contribution in [2.24, 2.45) is 0 Å².